The van der Waals surface area contributed by atoms with Gasteiger partial charge in [0.2, 0.25) is 0 Å². The molecule has 3 heterocycles. The number of benzene rings is 2. The van der Waals surface area contributed by atoms with E-state index in [1.54, 1.807) is 35.2 Å². The molecular formula is C29H24BrFN4O3. The Bertz CT molecular complexity index is 1490. The Labute approximate surface area is 228 Å². The van der Waals surface area contributed by atoms with Gasteiger partial charge in [0.25, 0.3) is 5.91 Å². The van der Waals surface area contributed by atoms with Crippen LogP contribution in [0.25, 0.3) is 5.76 Å². The summed E-state index contributed by atoms with van der Waals surface area (Å²) in [6.45, 7) is 3.93. The van der Waals surface area contributed by atoms with E-state index in [0.29, 0.717) is 55.9 Å². The van der Waals surface area contributed by atoms with E-state index in [9.17, 15) is 14.0 Å². The highest BCUT2D eigenvalue weighted by atomic mass is 79.9. The predicted molar refractivity (Wildman–Crippen MR) is 144 cm³/mol. The van der Waals surface area contributed by atoms with E-state index in [2.05, 4.69) is 20.9 Å². The molecule has 0 bridgehead atoms. The van der Waals surface area contributed by atoms with E-state index in [1.165, 1.54) is 12.3 Å². The van der Waals surface area contributed by atoms with Crippen molar-refractivity contribution in [2.75, 3.05) is 31.1 Å². The van der Waals surface area contributed by atoms with Gasteiger partial charge in [0, 0.05) is 42.4 Å². The molecule has 9 heteroatoms. The molecule has 1 aromatic heterocycles. The topological polar surface area (TPSA) is 86.5 Å². The van der Waals surface area contributed by atoms with E-state index in [0.717, 1.165) is 27.0 Å². The minimum Gasteiger partial charge on any atom is -0.423 e. The molecule has 0 unspecified atom stereocenters. The maximum Gasteiger partial charge on any atom is 0.344 e. The number of piperazine rings is 1. The van der Waals surface area contributed by atoms with Crippen LogP contribution in [0.5, 0.6) is 0 Å². The fourth-order valence-electron chi connectivity index (χ4n) is 4.63. The van der Waals surface area contributed by atoms with Gasteiger partial charge in [0.05, 0.1) is 16.7 Å². The van der Waals surface area contributed by atoms with Crippen LogP contribution in [-0.2, 0) is 11.2 Å². The van der Waals surface area contributed by atoms with Gasteiger partial charge >= 0.3 is 5.97 Å². The lowest BCUT2D eigenvalue weighted by molar-refractivity contribution is 0.0712. The van der Waals surface area contributed by atoms with Gasteiger partial charge in [0.15, 0.2) is 0 Å². The zero-order valence-electron chi connectivity index (χ0n) is 20.7. The number of pyridine rings is 1. The Morgan fingerprint density at radius 2 is 1.95 bits per heavy atom. The quantitative estimate of drug-likeness (QED) is 0.386. The van der Waals surface area contributed by atoms with Gasteiger partial charge in [-0.2, -0.15) is 5.26 Å². The number of halogens is 2. The van der Waals surface area contributed by atoms with Crippen LogP contribution in [-0.4, -0.2) is 47.9 Å². The first-order valence-corrected chi connectivity index (χ1v) is 13.0. The molecule has 0 aliphatic carbocycles. The average Bonchev–Trinajstić information content (AvgIpc) is 3.23. The Balaban J connectivity index is 1.23. The number of ether oxygens (including phenoxy) is 1. The third kappa shape index (κ3) is 5.18. The molecule has 1 amide bonds. The maximum absolute atomic E-state index is 14.7. The van der Waals surface area contributed by atoms with Crippen molar-refractivity contribution in [3.05, 3.63) is 98.4 Å². The number of esters is 1. The summed E-state index contributed by atoms with van der Waals surface area (Å²) >= 11 is 3.50. The van der Waals surface area contributed by atoms with Crippen molar-refractivity contribution in [1.82, 2.24) is 9.88 Å². The summed E-state index contributed by atoms with van der Waals surface area (Å²) in [5.74, 6) is 0.00272. The molecule has 3 aromatic rings. The van der Waals surface area contributed by atoms with E-state index < -0.39 is 5.82 Å². The van der Waals surface area contributed by atoms with Gasteiger partial charge in [-0.15, -0.1) is 0 Å². The third-order valence-electron chi connectivity index (χ3n) is 6.78. The van der Waals surface area contributed by atoms with Crippen molar-refractivity contribution in [1.29, 1.82) is 5.26 Å². The number of amides is 1. The number of aromatic nitrogens is 1. The summed E-state index contributed by atoms with van der Waals surface area (Å²) in [5, 5.41) is 8.94. The van der Waals surface area contributed by atoms with Crippen LogP contribution in [0.2, 0.25) is 0 Å². The number of anilines is 1. The van der Waals surface area contributed by atoms with E-state index in [1.807, 2.05) is 30.0 Å². The number of rotatable bonds is 5. The molecule has 0 N–H and O–H groups in total. The van der Waals surface area contributed by atoms with Crippen molar-refractivity contribution in [2.45, 2.75) is 19.8 Å². The minimum atomic E-state index is -0.549. The Kier molecular flexibility index (Phi) is 7.25. The summed E-state index contributed by atoms with van der Waals surface area (Å²) in [6.07, 6.45) is 4.50. The van der Waals surface area contributed by atoms with Crippen molar-refractivity contribution < 1.29 is 18.7 Å². The normalized spacial score (nSPS) is 15.8. The second kappa shape index (κ2) is 10.8. The van der Waals surface area contributed by atoms with Crippen LogP contribution in [0.15, 0.2) is 59.2 Å². The molecule has 2 aliphatic rings. The first-order valence-electron chi connectivity index (χ1n) is 12.3. The molecule has 2 aliphatic heterocycles. The lowest BCUT2D eigenvalue weighted by Crippen LogP contribution is -2.49. The second-order valence-corrected chi connectivity index (χ2v) is 10.1. The van der Waals surface area contributed by atoms with Crippen LogP contribution in [0.3, 0.4) is 0 Å². The van der Waals surface area contributed by atoms with Crippen molar-refractivity contribution in [3.8, 4) is 6.07 Å². The SMILES string of the molecule is Cc1cc2c(cc1Br)/C(=C/CCc1ccc(F)c(C(=O)N3CCN(c4ccc(C#N)cn4)CC3)c1)OC2=O. The highest BCUT2D eigenvalue weighted by molar-refractivity contribution is 9.10. The monoisotopic (exact) mass is 574 g/mol. The molecule has 0 atom stereocenters. The van der Waals surface area contributed by atoms with Crippen molar-refractivity contribution in [2.24, 2.45) is 0 Å². The Morgan fingerprint density at radius 1 is 1.16 bits per heavy atom. The van der Waals surface area contributed by atoms with Gasteiger partial charge in [-0.1, -0.05) is 22.0 Å². The maximum atomic E-state index is 14.7. The number of nitriles is 1. The molecule has 0 spiro atoms. The van der Waals surface area contributed by atoms with E-state index >= 15 is 0 Å². The number of carbonyl (C=O) groups is 2. The molecule has 38 heavy (non-hydrogen) atoms. The molecule has 0 saturated carbocycles. The summed E-state index contributed by atoms with van der Waals surface area (Å²) in [7, 11) is 0. The first kappa shape index (κ1) is 25.6. The lowest BCUT2D eigenvalue weighted by Gasteiger charge is -2.35. The fourth-order valence-corrected chi connectivity index (χ4v) is 4.97. The number of cyclic esters (lactones) is 1. The van der Waals surface area contributed by atoms with Crippen LogP contribution in [0, 0.1) is 24.1 Å². The molecule has 7 nitrogen and oxygen atoms in total. The van der Waals surface area contributed by atoms with E-state index in [-0.39, 0.29) is 17.4 Å². The zero-order chi connectivity index (χ0) is 26.8. The Morgan fingerprint density at radius 3 is 2.66 bits per heavy atom. The number of aryl methyl sites for hydroxylation is 2. The zero-order valence-corrected chi connectivity index (χ0v) is 22.3. The number of fused-ring (bicyclic) bond motifs is 1. The van der Waals surface area contributed by atoms with Gasteiger partial charge in [-0.3, -0.25) is 4.79 Å². The molecule has 0 radical (unpaired) electrons. The summed E-state index contributed by atoms with van der Waals surface area (Å²) in [4.78, 5) is 33.4. The highest BCUT2D eigenvalue weighted by Gasteiger charge is 2.27. The minimum absolute atomic E-state index is 0.0529. The highest BCUT2D eigenvalue weighted by Crippen LogP contribution is 2.34. The number of hydrogen-bond acceptors (Lipinski definition) is 6. The number of nitrogens with zero attached hydrogens (tertiary/aromatic N) is 4. The molecule has 5 rings (SSSR count). The summed E-state index contributed by atoms with van der Waals surface area (Å²) in [6, 6.07) is 13.9. The lowest BCUT2D eigenvalue weighted by atomic mass is 10.0. The van der Waals surface area contributed by atoms with Gasteiger partial charge in [-0.05, 0) is 73.4 Å². The Hall–Kier alpha value is -4.03. The third-order valence-corrected chi connectivity index (χ3v) is 7.63. The molecule has 1 fully saturated rings. The van der Waals surface area contributed by atoms with Crippen molar-refractivity contribution >= 4 is 39.4 Å². The smallest absolute Gasteiger partial charge is 0.344 e. The van der Waals surface area contributed by atoms with Crippen LogP contribution >= 0.6 is 15.9 Å². The summed E-state index contributed by atoms with van der Waals surface area (Å²) < 4.78 is 21.0. The van der Waals surface area contributed by atoms with Gasteiger partial charge in [-0.25, -0.2) is 14.2 Å². The molecular weight excluding hydrogens is 551 g/mol. The predicted octanol–water partition coefficient (Wildman–Crippen LogP) is 5.27. The van der Waals surface area contributed by atoms with Crippen LogP contribution in [0.1, 0.15) is 49.4 Å². The molecule has 1 saturated heterocycles. The number of hydrogen-bond donors (Lipinski definition) is 0. The molecule has 192 valence electrons. The fraction of sp³-hybridized carbons (Fsp3) is 0.241. The van der Waals surface area contributed by atoms with Crippen LogP contribution in [0.4, 0.5) is 10.2 Å². The largest absolute Gasteiger partial charge is 0.423 e. The number of allylic oxidation sites excluding steroid dienone is 1. The van der Waals surface area contributed by atoms with E-state index in [4.69, 9.17) is 10.00 Å². The van der Waals surface area contributed by atoms with Gasteiger partial charge in [0.1, 0.15) is 23.5 Å². The summed E-state index contributed by atoms with van der Waals surface area (Å²) in [5.41, 5.74) is 3.61. The standard InChI is InChI=1S/C29H24BrFN4O3/c1-18-13-22-21(15-24(18)30)26(38-29(22)37)4-2-3-19-5-7-25(31)23(14-19)28(36)35-11-9-34(10-12-35)27-8-6-20(16-32)17-33-27/h4-8,13-15,17H,2-3,9-12H2,1H3/b26-4-. The second-order valence-electron chi connectivity index (χ2n) is 9.25. The number of carbonyl (C=O) groups excluding carboxylic acids is 2. The van der Waals surface area contributed by atoms with Crippen LogP contribution < -0.4 is 4.90 Å². The molecule has 2 aromatic carbocycles. The average molecular weight is 575 g/mol. The van der Waals surface area contributed by atoms with Gasteiger partial charge < -0.3 is 14.5 Å². The van der Waals surface area contributed by atoms with Crippen molar-refractivity contribution in [3.63, 3.8) is 0 Å². The first-order chi connectivity index (χ1) is 18.3.